The summed E-state index contributed by atoms with van der Waals surface area (Å²) in [7, 11) is -2.62. The second kappa shape index (κ2) is 35.0. The molecule has 9 aromatic rings. The molecule has 10 heteroatoms. The van der Waals surface area contributed by atoms with Crippen LogP contribution >= 0.6 is 8.60 Å². The molecule has 127 heavy (non-hydrogen) atoms. The van der Waals surface area contributed by atoms with Crippen LogP contribution in [0.25, 0.3) is 0 Å². The third-order valence-electron chi connectivity index (χ3n) is 27.0. The first-order valence-corrected chi connectivity index (χ1v) is 47.8. The summed E-state index contributed by atoms with van der Waals surface area (Å²) >= 11 is 0. The Morgan fingerprint density at radius 1 is 0.173 bits per heavy atom. The van der Waals surface area contributed by atoms with Crippen molar-refractivity contribution in [1.29, 1.82) is 0 Å². The summed E-state index contributed by atoms with van der Waals surface area (Å²) in [5.41, 5.74) is 27.5. The molecule has 9 rings (SSSR count). The van der Waals surface area contributed by atoms with Crippen LogP contribution in [-0.2, 0) is 104 Å². The van der Waals surface area contributed by atoms with Crippen molar-refractivity contribution in [3.8, 4) is 51.7 Å². The minimum Gasteiger partial charge on any atom is -0.507 e. The van der Waals surface area contributed by atoms with Gasteiger partial charge in [0.05, 0.1) is 0 Å². The molecular weight excluding hydrogens is 1580 g/mol. The lowest BCUT2D eigenvalue weighted by atomic mass is 9.76. The summed E-state index contributed by atoms with van der Waals surface area (Å²) < 4.78 is 24.8. The van der Waals surface area contributed by atoms with Gasteiger partial charge in [0.25, 0.3) is 0 Å². The van der Waals surface area contributed by atoms with Crippen molar-refractivity contribution in [2.24, 2.45) is 0 Å². The van der Waals surface area contributed by atoms with Gasteiger partial charge in [-0.1, -0.05) is 322 Å². The van der Waals surface area contributed by atoms with E-state index in [4.69, 9.17) is 13.6 Å². The molecule has 0 spiro atoms. The SMILES string of the molecule is Cc1c(Cc2cc(C(C)(C)C)c(O)c(C(C)(C)C)c2)c(C)c(OP(Oc2c(C)c(Cc3cc(C(C)(C)C)c(O)c(C(C)(C)C)c3)c(C)c(Cc3cc(C(C)(C)C)c(O)c(C(C)(C)C)c3)c2C)Oc2c(C)c(Cc3cc(C(C)(C)C)c(O)c(C(C)(C)C)c3)c(C)c(Cc3cc(C(C)(C)C)c(O)c(C(C)(C)C)c3)c2C)c(C)c1Cc1cc(C(C)(C)C)c(O)c(C(C)(C)C)c1. The summed E-state index contributed by atoms with van der Waals surface area (Å²) in [5, 5.41) is 74.4. The first-order chi connectivity index (χ1) is 57.3. The van der Waals surface area contributed by atoms with E-state index in [0.29, 0.717) is 90.3 Å². The van der Waals surface area contributed by atoms with Crippen LogP contribution in [0.4, 0.5) is 0 Å². The number of aromatic hydroxyl groups is 6. The van der Waals surface area contributed by atoms with Crippen molar-refractivity contribution in [2.75, 3.05) is 0 Å². The Morgan fingerprint density at radius 2 is 0.268 bits per heavy atom. The molecule has 0 unspecified atom stereocenters. The average molecular weight is 1750 g/mol. The van der Waals surface area contributed by atoms with Crippen molar-refractivity contribution in [2.45, 2.75) is 415 Å². The van der Waals surface area contributed by atoms with Gasteiger partial charge >= 0.3 is 8.60 Å². The highest BCUT2D eigenvalue weighted by Crippen LogP contribution is 2.55. The Bertz CT molecular complexity index is 4600. The van der Waals surface area contributed by atoms with E-state index in [1.165, 1.54) is 0 Å². The van der Waals surface area contributed by atoms with Gasteiger partial charge in [-0.15, -0.1) is 0 Å². The molecule has 0 heterocycles. The van der Waals surface area contributed by atoms with Gasteiger partial charge in [-0.3, -0.25) is 0 Å². The van der Waals surface area contributed by atoms with Crippen molar-refractivity contribution in [3.05, 3.63) is 256 Å². The third-order valence-corrected chi connectivity index (χ3v) is 28.0. The molecule has 6 N–H and O–H groups in total. The summed E-state index contributed by atoms with van der Waals surface area (Å²) in [4.78, 5) is 0. The topological polar surface area (TPSA) is 149 Å². The first-order valence-electron chi connectivity index (χ1n) is 46.7. The van der Waals surface area contributed by atoms with Gasteiger partial charge in [-0.25, -0.2) is 0 Å². The lowest BCUT2D eigenvalue weighted by molar-refractivity contribution is 0.380. The Morgan fingerprint density at radius 3 is 0.354 bits per heavy atom. The maximum Gasteiger partial charge on any atom is 0.530 e. The molecule has 0 atom stereocenters. The Hall–Kier alpha value is -8.39. The van der Waals surface area contributed by atoms with Crippen LogP contribution < -0.4 is 13.6 Å². The predicted octanol–water partition coefficient (Wildman–Crippen LogP) is 31.6. The Kier molecular flexibility index (Phi) is 28.2. The van der Waals surface area contributed by atoms with Gasteiger partial charge in [0, 0.05) is 0 Å². The number of phenolic OH excluding ortho intramolecular Hbond substituents is 6. The first kappa shape index (κ1) is 102. The maximum atomic E-state index is 12.4. The molecule has 0 bridgehead atoms. The van der Waals surface area contributed by atoms with Crippen molar-refractivity contribution in [3.63, 3.8) is 0 Å². The second-order valence-electron chi connectivity index (χ2n) is 50.3. The highest BCUT2D eigenvalue weighted by molar-refractivity contribution is 7.43. The minimum absolute atomic E-state index is 0.322. The monoisotopic (exact) mass is 1750 g/mol. The largest absolute Gasteiger partial charge is 0.530 e. The molecule has 0 saturated heterocycles. The van der Waals surface area contributed by atoms with Crippen LogP contribution in [0.3, 0.4) is 0 Å². The lowest BCUT2D eigenvalue weighted by Gasteiger charge is -2.31. The smallest absolute Gasteiger partial charge is 0.507 e. The van der Waals surface area contributed by atoms with E-state index in [1.54, 1.807) is 0 Å². The third kappa shape index (κ3) is 21.9. The molecule has 0 aliphatic heterocycles. The van der Waals surface area contributed by atoms with Crippen LogP contribution in [0.15, 0.2) is 72.8 Å². The predicted molar refractivity (Wildman–Crippen MR) is 541 cm³/mol. The molecule has 9 aromatic carbocycles. The fraction of sp³-hybridized carbons (Fsp3) is 0.538. The molecule has 0 aliphatic carbocycles. The lowest BCUT2D eigenvalue weighted by Crippen LogP contribution is -2.19. The van der Waals surface area contributed by atoms with E-state index in [0.717, 1.165) is 184 Å². The zero-order valence-electron chi connectivity index (χ0n) is 87.5. The zero-order chi connectivity index (χ0) is 96.7. The van der Waals surface area contributed by atoms with E-state index in [1.807, 2.05) is 0 Å². The van der Waals surface area contributed by atoms with Gasteiger partial charge in [0.2, 0.25) is 0 Å². The summed E-state index contributed by atoms with van der Waals surface area (Å²) in [5.74, 6) is 3.83. The Labute approximate surface area is 771 Å². The Balaban J connectivity index is 1.49. The summed E-state index contributed by atoms with van der Waals surface area (Å²) in [6, 6.07) is 26.5. The molecule has 0 aromatic heterocycles. The zero-order valence-corrected chi connectivity index (χ0v) is 88.4. The van der Waals surface area contributed by atoms with Crippen LogP contribution in [-0.4, -0.2) is 30.6 Å². The van der Waals surface area contributed by atoms with E-state index < -0.39 is 73.6 Å². The maximum absolute atomic E-state index is 12.4. The highest BCUT2D eigenvalue weighted by Gasteiger charge is 2.39. The molecule has 0 fully saturated rings. The van der Waals surface area contributed by atoms with E-state index in [9.17, 15) is 30.6 Å². The van der Waals surface area contributed by atoms with Crippen molar-refractivity contribution in [1.82, 2.24) is 0 Å². The average Bonchev–Trinajstić information content (AvgIpc) is 0.757. The van der Waals surface area contributed by atoms with Gasteiger partial charge in [-0.05, 0) is 349 Å². The van der Waals surface area contributed by atoms with E-state index in [2.05, 4.69) is 384 Å². The standard InChI is InChI=1S/C117H165O9P/c1-64-79(46-73-52-85(106(10,11)12)97(118)86(53-73)107(13,14)15)67(4)103(68(5)80(64)47-74-54-87(108(16,17)18)98(119)88(55-74)109(19,20)21)124-127(125-104-69(6)81(48-75-56-89(110(22,23)24)99(120)90(57-75)111(25,26)27)65(2)82(70(104)7)49-76-58-91(112(28,29)30)100(121)92(59-76)113(31,32)33)126-105-71(8)83(50-77-60-93(114(34,35)36)101(122)94(61-77)115(37,38)39)66(3)84(72(105)9)51-78-62-95(116(40,41)42)102(123)96(63-78)117(43,44)45/h52-63,118-123H,46-51H2,1-45H3. The molecule has 9 nitrogen and oxygen atoms in total. The molecule has 0 saturated carbocycles. The molecule has 0 amide bonds. The van der Waals surface area contributed by atoms with E-state index in [-0.39, 0.29) is 0 Å². The molecular formula is C117H165O9P. The van der Waals surface area contributed by atoms with Gasteiger partial charge in [-0.2, -0.15) is 0 Å². The number of hydrogen-bond acceptors (Lipinski definition) is 9. The number of hydrogen-bond donors (Lipinski definition) is 6. The van der Waals surface area contributed by atoms with Crippen LogP contribution in [0.5, 0.6) is 51.7 Å². The summed E-state index contributed by atoms with van der Waals surface area (Å²) in [6.07, 6.45) is 3.01. The van der Waals surface area contributed by atoms with Crippen LogP contribution in [0.1, 0.15) is 433 Å². The van der Waals surface area contributed by atoms with Crippen molar-refractivity contribution >= 4 is 8.60 Å². The number of rotatable bonds is 18. The van der Waals surface area contributed by atoms with Gasteiger partial charge in [0.15, 0.2) is 0 Å². The molecule has 692 valence electrons. The van der Waals surface area contributed by atoms with Crippen LogP contribution in [0, 0.1) is 62.3 Å². The second-order valence-corrected chi connectivity index (χ2v) is 51.3. The number of phenols is 6. The normalized spacial score (nSPS) is 13.4. The van der Waals surface area contributed by atoms with Crippen molar-refractivity contribution < 1.29 is 44.2 Å². The summed E-state index contributed by atoms with van der Waals surface area (Å²) in [6.45, 7) is 98.1. The molecule has 0 radical (unpaired) electrons. The number of benzene rings is 9. The van der Waals surface area contributed by atoms with E-state index >= 15 is 0 Å². The van der Waals surface area contributed by atoms with Gasteiger partial charge in [0.1, 0.15) is 51.7 Å². The minimum atomic E-state index is -2.62. The molecule has 0 aliphatic rings. The fourth-order valence-corrected chi connectivity index (χ4v) is 20.4. The van der Waals surface area contributed by atoms with Gasteiger partial charge < -0.3 is 44.2 Å². The van der Waals surface area contributed by atoms with Crippen LogP contribution in [0.2, 0.25) is 0 Å². The fourth-order valence-electron chi connectivity index (χ4n) is 19.0. The highest BCUT2D eigenvalue weighted by atomic mass is 31.2. The quantitative estimate of drug-likeness (QED) is 0.0462.